The van der Waals surface area contributed by atoms with Gasteiger partial charge in [-0.05, 0) is 17.9 Å². The van der Waals surface area contributed by atoms with Crippen LogP contribution in [0.25, 0.3) is 0 Å². The molecule has 0 spiro atoms. The van der Waals surface area contributed by atoms with Crippen LogP contribution in [0.1, 0.15) is 33.6 Å². The van der Waals surface area contributed by atoms with Crippen molar-refractivity contribution in [3.8, 4) is 0 Å². The van der Waals surface area contributed by atoms with Gasteiger partial charge in [0.15, 0.2) is 0 Å². The summed E-state index contributed by atoms with van der Waals surface area (Å²) in [7, 11) is 0. The molecule has 0 aromatic rings. The molecule has 0 saturated carbocycles. The first-order chi connectivity index (χ1) is 6.84. The summed E-state index contributed by atoms with van der Waals surface area (Å²) in [5.41, 5.74) is 4.61. The normalized spacial score (nSPS) is 14.9. The van der Waals surface area contributed by atoms with Crippen LogP contribution in [0.2, 0.25) is 0 Å². The third kappa shape index (κ3) is 4.40. The lowest BCUT2D eigenvalue weighted by atomic mass is 9.94. The van der Waals surface area contributed by atoms with Gasteiger partial charge in [-0.1, -0.05) is 33.3 Å². The number of allylic oxidation sites excluding steroid dienone is 3. The number of unbranched alkanes of at least 4 members (excludes halogenated alkanes) is 1. The van der Waals surface area contributed by atoms with Crippen LogP contribution in [-0.4, -0.2) is 6.18 Å². The van der Waals surface area contributed by atoms with Crippen molar-refractivity contribution in [1.29, 1.82) is 0 Å². The summed E-state index contributed by atoms with van der Waals surface area (Å²) in [6.45, 7) is 5.39. The van der Waals surface area contributed by atoms with Gasteiger partial charge in [0, 0.05) is 6.20 Å². The van der Waals surface area contributed by atoms with Gasteiger partial charge in [0.25, 0.3) is 0 Å². The Balaban J connectivity index is 5.07. The summed E-state index contributed by atoms with van der Waals surface area (Å²) >= 11 is 0. The summed E-state index contributed by atoms with van der Waals surface area (Å²) in [6, 6.07) is 0. The molecule has 0 aromatic heterocycles. The number of hydrogen-bond acceptors (Lipinski definition) is 1. The second kappa shape index (κ2) is 5.83. The zero-order valence-corrected chi connectivity index (χ0v) is 9.36. The maximum absolute atomic E-state index is 12.6. The fourth-order valence-electron chi connectivity index (χ4n) is 1.31. The Kier molecular flexibility index (Phi) is 5.47. The SMILES string of the molecule is CCC/C=C(\C(=C/N)C(F)(F)F)C(C)C. The zero-order valence-electron chi connectivity index (χ0n) is 9.36. The highest BCUT2D eigenvalue weighted by Crippen LogP contribution is 2.34. The van der Waals surface area contributed by atoms with Crippen molar-refractivity contribution in [3.63, 3.8) is 0 Å². The van der Waals surface area contributed by atoms with Crippen LogP contribution in [-0.2, 0) is 0 Å². The summed E-state index contributed by atoms with van der Waals surface area (Å²) < 4.78 is 37.7. The van der Waals surface area contributed by atoms with Gasteiger partial charge in [-0.3, -0.25) is 0 Å². The first kappa shape index (κ1) is 14.1. The quantitative estimate of drug-likeness (QED) is 0.718. The van der Waals surface area contributed by atoms with Gasteiger partial charge in [0.1, 0.15) is 0 Å². The third-order valence-electron chi connectivity index (χ3n) is 2.06. The maximum Gasteiger partial charge on any atom is 0.418 e. The number of halogens is 3. The van der Waals surface area contributed by atoms with E-state index in [1.54, 1.807) is 19.9 Å². The van der Waals surface area contributed by atoms with Crippen LogP contribution in [0, 0.1) is 5.92 Å². The van der Waals surface area contributed by atoms with Gasteiger partial charge in [-0.15, -0.1) is 0 Å². The Morgan fingerprint density at radius 3 is 2.13 bits per heavy atom. The molecule has 0 saturated heterocycles. The number of rotatable bonds is 4. The standard InChI is InChI=1S/C11H18F3N/c1-4-5-6-9(8(2)3)10(7-15)11(12,13)14/h6-8H,4-5,15H2,1-3H3/b9-6-,10-7+. The van der Waals surface area contributed by atoms with Crippen molar-refractivity contribution in [1.82, 2.24) is 0 Å². The van der Waals surface area contributed by atoms with Crippen LogP contribution >= 0.6 is 0 Å². The van der Waals surface area contributed by atoms with Gasteiger partial charge < -0.3 is 5.73 Å². The molecule has 0 atom stereocenters. The van der Waals surface area contributed by atoms with E-state index in [0.717, 1.165) is 6.42 Å². The van der Waals surface area contributed by atoms with E-state index in [0.29, 0.717) is 12.6 Å². The predicted molar refractivity (Wildman–Crippen MR) is 56.2 cm³/mol. The lowest BCUT2D eigenvalue weighted by molar-refractivity contribution is -0.0902. The van der Waals surface area contributed by atoms with Crippen molar-refractivity contribution >= 4 is 0 Å². The van der Waals surface area contributed by atoms with Crippen LogP contribution < -0.4 is 5.73 Å². The molecule has 0 amide bonds. The van der Waals surface area contributed by atoms with E-state index < -0.39 is 11.7 Å². The van der Waals surface area contributed by atoms with Crippen molar-refractivity contribution in [2.75, 3.05) is 0 Å². The fraction of sp³-hybridized carbons (Fsp3) is 0.636. The summed E-state index contributed by atoms with van der Waals surface area (Å²) in [6.07, 6.45) is -0.621. The highest BCUT2D eigenvalue weighted by Gasteiger charge is 2.36. The van der Waals surface area contributed by atoms with Gasteiger partial charge in [0.05, 0.1) is 5.57 Å². The van der Waals surface area contributed by atoms with Gasteiger partial charge in [-0.2, -0.15) is 13.2 Å². The molecule has 0 fully saturated rings. The molecule has 4 heteroatoms. The lowest BCUT2D eigenvalue weighted by Gasteiger charge is -2.17. The monoisotopic (exact) mass is 221 g/mol. The van der Waals surface area contributed by atoms with Crippen molar-refractivity contribution < 1.29 is 13.2 Å². The van der Waals surface area contributed by atoms with Crippen LogP contribution in [0.5, 0.6) is 0 Å². The smallest absolute Gasteiger partial charge is 0.404 e. The average molecular weight is 221 g/mol. The zero-order chi connectivity index (χ0) is 12.1. The van der Waals surface area contributed by atoms with Crippen molar-refractivity contribution in [2.24, 2.45) is 11.7 Å². The average Bonchev–Trinajstić information content (AvgIpc) is 2.09. The van der Waals surface area contributed by atoms with Crippen molar-refractivity contribution in [2.45, 2.75) is 39.8 Å². The van der Waals surface area contributed by atoms with E-state index in [1.807, 2.05) is 6.92 Å². The van der Waals surface area contributed by atoms with Crippen LogP contribution in [0.15, 0.2) is 23.4 Å². The Labute approximate surface area is 88.8 Å². The second-order valence-electron chi connectivity index (χ2n) is 3.68. The van der Waals surface area contributed by atoms with E-state index in [-0.39, 0.29) is 11.5 Å². The topological polar surface area (TPSA) is 26.0 Å². The second-order valence-corrected chi connectivity index (χ2v) is 3.68. The molecule has 0 bridgehead atoms. The van der Waals surface area contributed by atoms with Crippen LogP contribution in [0.4, 0.5) is 13.2 Å². The Morgan fingerprint density at radius 1 is 1.33 bits per heavy atom. The summed E-state index contributed by atoms with van der Waals surface area (Å²) in [4.78, 5) is 0. The Hall–Kier alpha value is -0.930. The molecule has 15 heavy (non-hydrogen) atoms. The largest absolute Gasteiger partial charge is 0.418 e. The van der Waals surface area contributed by atoms with Crippen molar-refractivity contribution in [3.05, 3.63) is 23.4 Å². The molecule has 0 aliphatic rings. The van der Waals surface area contributed by atoms with E-state index >= 15 is 0 Å². The molecule has 0 radical (unpaired) electrons. The molecular formula is C11H18F3N. The van der Waals surface area contributed by atoms with E-state index in [9.17, 15) is 13.2 Å². The molecule has 0 aliphatic carbocycles. The Morgan fingerprint density at radius 2 is 1.87 bits per heavy atom. The molecule has 1 nitrogen and oxygen atoms in total. The van der Waals surface area contributed by atoms with E-state index in [2.05, 4.69) is 0 Å². The minimum absolute atomic E-state index is 0.173. The molecule has 2 N–H and O–H groups in total. The number of nitrogens with two attached hydrogens (primary N) is 1. The fourth-order valence-corrected chi connectivity index (χ4v) is 1.31. The first-order valence-corrected chi connectivity index (χ1v) is 5.04. The highest BCUT2D eigenvalue weighted by atomic mass is 19.4. The Bertz CT molecular complexity index is 249. The molecule has 0 aromatic carbocycles. The molecule has 0 rings (SSSR count). The summed E-state index contributed by atoms with van der Waals surface area (Å²) in [5, 5.41) is 0. The molecule has 0 aliphatic heterocycles. The van der Waals surface area contributed by atoms with E-state index in [1.165, 1.54) is 0 Å². The van der Waals surface area contributed by atoms with Gasteiger partial charge >= 0.3 is 6.18 Å². The van der Waals surface area contributed by atoms with E-state index in [4.69, 9.17) is 5.73 Å². The maximum atomic E-state index is 12.6. The van der Waals surface area contributed by atoms with Crippen LogP contribution in [0.3, 0.4) is 0 Å². The molecule has 0 unspecified atom stereocenters. The predicted octanol–water partition coefficient (Wildman–Crippen LogP) is 3.77. The van der Waals surface area contributed by atoms with Gasteiger partial charge in [-0.25, -0.2) is 0 Å². The summed E-state index contributed by atoms with van der Waals surface area (Å²) in [5.74, 6) is -0.173. The number of alkyl halides is 3. The minimum atomic E-state index is -4.36. The highest BCUT2D eigenvalue weighted by molar-refractivity contribution is 5.35. The first-order valence-electron chi connectivity index (χ1n) is 5.04. The molecular weight excluding hydrogens is 203 g/mol. The molecule has 88 valence electrons. The minimum Gasteiger partial charge on any atom is -0.404 e. The number of hydrogen-bond donors (Lipinski definition) is 1. The third-order valence-corrected chi connectivity index (χ3v) is 2.06. The molecule has 0 heterocycles. The van der Waals surface area contributed by atoms with Gasteiger partial charge in [0.2, 0.25) is 0 Å². The lowest BCUT2D eigenvalue weighted by Crippen LogP contribution is -2.18.